The Labute approximate surface area is 107 Å². The number of anilines is 1. The smallest absolute Gasteiger partial charge is 0.131 e. The molecule has 0 atom stereocenters. The van der Waals surface area contributed by atoms with Crippen molar-refractivity contribution in [1.29, 1.82) is 0 Å². The maximum atomic E-state index is 6.06. The molecule has 3 nitrogen and oxygen atoms in total. The number of nitrogens with zero attached hydrogens (tertiary/aromatic N) is 2. The molecule has 92 valence electrons. The van der Waals surface area contributed by atoms with Gasteiger partial charge < -0.3 is 5.73 Å². The summed E-state index contributed by atoms with van der Waals surface area (Å²) in [6.07, 6.45) is 2.54. The molecule has 2 aromatic rings. The summed E-state index contributed by atoms with van der Waals surface area (Å²) in [7, 11) is 0. The number of aromatic nitrogens is 2. The lowest BCUT2D eigenvalue weighted by atomic mass is 9.71. The number of benzene rings is 1. The summed E-state index contributed by atoms with van der Waals surface area (Å²) in [6, 6.07) is 6.36. The van der Waals surface area contributed by atoms with E-state index in [-0.39, 0.29) is 5.41 Å². The van der Waals surface area contributed by atoms with E-state index in [1.807, 2.05) is 0 Å². The van der Waals surface area contributed by atoms with Crippen molar-refractivity contribution in [3.8, 4) is 11.3 Å². The van der Waals surface area contributed by atoms with E-state index in [9.17, 15) is 0 Å². The van der Waals surface area contributed by atoms with E-state index in [4.69, 9.17) is 5.73 Å². The highest BCUT2D eigenvalue weighted by Gasteiger charge is 2.34. The molecule has 0 spiro atoms. The van der Waals surface area contributed by atoms with Crippen LogP contribution in [-0.2, 0) is 11.8 Å². The molecule has 0 fully saturated rings. The second kappa shape index (κ2) is 3.55. The first kappa shape index (κ1) is 11.2. The van der Waals surface area contributed by atoms with E-state index in [0.29, 0.717) is 5.82 Å². The van der Waals surface area contributed by atoms with Crippen molar-refractivity contribution < 1.29 is 0 Å². The van der Waals surface area contributed by atoms with Crippen LogP contribution in [0.1, 0.15) is 30.5 Å². The van der Waals surface area contributed by atoms with Crippen LogP contribution >= 0.6 is 0 Å². The summed E-state index contributed by atoms with van der Waals surface area (Å²) in [5.74, 6) is 0.608. The topological polar surface area (TPSA) is 51.8 Å². The highest BCUT2D eigenvalue weighted by molar-refractivity contribution is 5.76. The lowest BCUT2D eigenvalue weighted by molar-refractivity contribution is 0.513. The molecule has 3 rings (SSSR count). The summed E-state index contributed by atoms with van der Waals surface area (Å²) < 4.78 is 0. The van der Waals surface area contributed by atoms with E-state index >= 15 is 0 Å². The summed E-state index contributed by atoms with van der Waals surface area (Å²) in [6.45, 7) is 6.58. The predicted octanol–water partition coefficient (Wildman–Crippen LogP) is 2.87. The number of nitrogens with two attached hydrogens (primary N) is 1. The molecule has 0 saturated heterocycles. The van der Waals surface area contributed by atoms with Gasteiger partial charge in [0.1, 0.15) is 12.1 Å². The van der Waals surface area contributed by atoms with Crippen LogP contribution in [0.4, 0.5) is 5.82 Å². The first-order valence-corrected chi connectivity index (χ1v) is 6.20. The maximum absolute atomic E-state index is 6.06. The molecule has 0 aliphatic heterocycles. The van der Waals surface area contributed by atoms with Gasteiger partial charge in [-0.25, -0.2) is 9.97 Å². The van der Waals surface area contributed by atoms with E-state index < -0.39 is 0 Å². The molecule has 0 amide bonds. The zero-order valence-electron chi connectivity index (χ0n) is 11.0. The first-order valence-electron chi connectivity index (χ1n) is 6.20. The van der Waals surface area contributed by atoms with Crippen molar-refractivity contribution in [1.82, 2.24) is 9.97 Å². The number of rotatable bonds is 0. The quantitative estimate of drug-likeness (QED) is 0.769. The number of hydrogen-bond donors (Lipinski definition) is 1. The van der Waals surface area contributed by atoms with Gasteiger partial charge in [0.15, 0.2) is 0 Å². The van der Waals surface area contributed by atoms with Gasteiger partial charge in [-0.2, -0.15) is 0 Å². The predicted molar refractivity (Wildman–Crippen MR) is 73.3 cm³/mol. The van der Waals surface area contributed by atoms with Crippen LogP contribution in [0.5, 0.6) is 0 Å². The van der Waals surface area contributed by atoms with E-state index in [1.54, 1.807) is 6.33 Å². The summed E-state index contributed by atoms with van der Waals surface area (Å²) in [5, 5.41) is 0. The molecule has 2 N–H and O–H groups in total. The minimum atomic E-state index is -0.0141. The van der Waals surface area contributed by atoms with Crippen molar-refractivity contribution in [2.75, 3.05) is 5.73 Å². The molecular formula is C15H17N3. The Bertz CT molecular complexity index is 630. The van der Waals surface area contributed by atoms with Gasteiger partial charge in [0.25, 0.3) is 0 Å². The van der Waals surface area contributed by atoms with Gasteiger partial charge in [-0.05, 0) is 29.9 Å². The molecule has 0 unspecified atom stereocenters. The van der Waals surface area contributed by atoms with Crippen molar-refractivity contribution >= 4 is 5.82 Å². The molecule has 0 radical (unpaired) electrons. The fourth-order valence-electron chi connectivity index (χ4n) is 2.96. The van der Waals surface area contributed by atoms with Crippen LogP contribution in [0, 0.1) is 6.92 Å². The largest absolute Gasteiger partial charge is 0.383 e. The molecule has 1 aliphatic rings. The highest BCUT2D eigenvalue weighted by Crippen LogP contribution is 2.44. The van der Waals surface area contributed by atoms with Gasteiger partial charge in [0.2, 0.25) is 0 Å². The van der Waals surface area contributed by atoms with Gasteiger partial charge in [0, 0.05) is 11.1 Å². The maximum Gasteiger partial charge on any atom is 0.131 e. The molecule has 0 bridgehead atoms. The molecule has 1 aliphatic carbocycles. The Morgan fingerprint density at radius 1 is 1.22 bits per heavy atom. The minimum Gasteiger partial charge on any atom is -0.383 e. The number of hydrogen-bond acceptors (Lipinski definition) is 3. The number of aryl methyl sites for hydroxylation is 1. The monoisotopic (exact) mass is 239 g/mol. The Hall–Kier alpha value is -1.90. The third-order valence-electron chi connectivity index (χ3n) is 3.84. The molecule has 1 aromatic carbocycles. The molecule has 1 aromatic heterocycles. The van der Waals surface area contributed by atoms with Crippen molar-refractivity contribution in [2.24, 2.45) is 0 Å². The van der Waals surface area contributed by atoms with Crippen molar-refractivity contribution in [3.63, 3.8) is 0 Å². The van der Waals surface area contributed by atoms with Crippen LogP contribution in [0.25, 0.3) is 11.3 Å². The number of nitrogen functional groups attached to an aromatic ring is 1. The van der Waals surface area contributed by atoms with Gasteiger partial charge in [0.05, 0.1) is 5.69 Å². The molecule has 1 heterocycles. The van der Waals surface area contributed by atoms with Gasteiger partial charge in [-0.15, -0.1) is 0 Å². The Balaban J connectivity index is 2.39. The number of fused-ring (bicyclic) bond motifs is 3. The molecule has 0 saturated carbocycles. The Kier molecular flexibility index (Phi) is 2.21. The van der Waals surface area contributed by atoms with E-state index in [0.717, 1.165) is 17.7 Å². The normalized spacial score (nSPS) is 15.9. The Morgan fingerprint density at radius 3 is 2.78 bits per heavy atom. The van der Waals surface area contributed by atoms with Crippen LogP contribution in [0.3, 0.4) is 0 Å². The second-order valence-electron chi connectivity index (χ2n) is 5.64. The van der Waals surface area contributed by atoms with Crippen molar-refractivity contribution in [3.05, 3.63) is 41.2 Å². The van der Waals surface area contributed by atoms with Gasteiger partial charge >= 0.3 is 0 Å². The average Bonchev–Trinajstić information content (AvgIpc) is 2.30. The summed E-state index contributed by atoms with van der Waals surface area (Å²) in [4.78, 5) is 8.62. The van der Waals surface area contributed by atoms with E-state index in [2.05, 4.69) is 48.9 Å². The van der Waals surface area contributed by atoms with Crippen LogP contribution in [0.15, 0.2) is 24.5 Å². The summed E-state index contributed by atoms with van der Waals surface area (Å²) in [5.41, 5.74) is 12.0. The molecule has 18 heavy (non-hydrogen) atoms. The average molecular weight is 239 g/mol. The third-order valence-corrected chi connectivity index (χ3v) is 3.84. The highest BCUT2D eigenvalue weighted by atomic mass is 14.9. The first-order chi connectivity index (χ1) is 8.50. The molecular weight excluding hydrogens is 222 g/mol. The van der Waals surface area contributed by atoms with Crippen molar-refractivity contribution in [2.45, 2.75) is 32.6 Å². The lowest BCUT2D eigenvalue weighted by Crippen LogP contribution is -2.28. The fourth-order valence-corrected chi connectivity index (χ4v) is 2.96. The minimum absolute atomic E-state index is 0.0141. The molecule has 3 heteroatoms. The van der Waals surface area contributed by atoms with Gasteiger partial charge in [-0.3, -0.25) is 0 Å². The second-order valence-corrected chi connectivity index (χ2v) is 5.64. The van der Waals surface area contributed by atoms with E-state index in [1.165, 1.54) is 16.7 Å². The zero-order valence-corrected chi connectivity index (χ0v) is 11.0. The fraction of sp³-hybridized carbons (Fsp3) is 0.333. The third kappa shape index (κ3) is 1.43. The zero-order chi connectivity index (χ0) is 12.9. The lowest BCUT2D eigenvalue weighted by Gasteiger charge is -2.34. The van der Waals surface area contributed by atoms with Crippen LogP contribution in [-0.4, -0.2) is 9.97 Å². The van der Waals surface area contributed by atoms with Crippen LogP contribution < -0.4 is 5.73 Å². The van der Waals surface area contributed by atoms with Gasteiger partial charge in [-0.1, -0.05) is 32.0 Å². The SMILES string of the molecule is Cc1cccc2c1CC(C)(C)c1c(N)ncnc1-2. The standard InChI is InChI=1S/C15H17N3/c1-9-5-4-6-10-11(9)7-15(2,3)12-13(10)17-8-18-14(12)16/h4-6,8H,7H2,1-3H3,(H2,16,17,18). The van der Waals surface area contributed by atoms with Crippen LogP contribution in [0.2, 0.25) is 0 Å². The summed E-state index contributed by atoms with van der Waals surface area (Å²) >= 11 is 0. The Morgan fingerprint density at radius 2 is 2.00 bits per heavy atom.